The molecule has 0 fully saturated rings. The van der Waals surface area contributed by atoms with Gasteiger partial charge in [0.15, 0.2) is 5.17 Å². The first-order valence-electron chi connectivity index (χ1n) is 8.61. The Labute approximate surface area is 163 Å². The molecule has 1 aliphatic heterocycles. The Kier molecular flexibility index (Phi) is 5.86. The van der Waals surface area contributed by atoms with Gasteiger partial charge < -0.3 is 10.2 Å². The van der Waals surface area contributed by atoms with Crippen molar-refractivity contribution in [2.24, 2.45) is 4.40 Å². The van der Waals surface area contributed by atoms with E-state index in [1.807, 2.05) is 43.0 Å². The third-order valence-corrected chi connectivity index (χ3v) is 6.35. The zero-order valence-electron chi connectivity index (χ0n) is 15.2. The standard InChI is InChI=1S/C19H21N3O3S2/c1-3-11-22-16-9-4-5-10-17(16)27(24,25)21-19(22)26-13-18(23)20-15-8-6-7-14(2)12-15/h4-10,12H,3,11,13H2,1-2H3,(H,20,23). The van der Waals surface area contributed by atoms with Crippen molar-refractivity contribution in [3.05, 3.63) is 54.1 Å². The maximum absolute atomic E-state index is 12.5. The number of sulfonamides is 1. The molecule has 0 saturated carbocycles. The van der Waals surface area contributed by atoms with Crippen LogP contribution in [0.4, 0.5) is 11.4 Å². The third kappa shape index (κ3) is 4.51. The van der Waals surface area contributed by atoms with Gasteiger partial charge in [-0.3, -0.25) is 4.79 Å². The van der Waals surface area contributed by atoms with E-state index < -0.39 is 10.0 Å². The first kappa shape index (κ1) is 19.4. The third-order valence-electron chi connectivity index (χ3n) is 3.94. The molecule has 0 spiro atoms. The topological polar surface area (TPSA) is 78.8 Å². The molecule has 2 aromatic rings. The Bertz CT molecular complexity index is 987. The number of hydrogen-bond acceptors (Lipinski definition) is 5. The summed E-state index contributed by atoms with van der Waals surface area (Å²) in [7, 11) is -3.76. The summed E-state index contributed by atoms with van der Waals surface area (Å²) in [5, 5.41) is 3.15. The largest absolute Gasteiger partial charge is 0.325 e. The molecule has 8 heteroatoms. The predicted molar refractivity (Wildman–Crippen MR) is 111 cm³/mol. The van der Waals surface area contributed by atoms with Crippen LogP contribution in [-0.4, -0.2) is 31.8 Å². The molecule has 0 atom stereocenters. The molecule has 1 N–H and O–H groups in total. The summed E-state index contributed by atoms with van der Waals surface area (Å²) in [6, 6.07) is 14.3. The summed E-state index contributed by atoms with van der Waals surface area (Å²) < 4.78 is 28.9. The second kappa shape index (κ2) is 8.14. The second-order valence-corrected chi connectivity index (χ2v) is 8.69. The maximum atomic E-state index is 12.5. The molecule has 1 heterocycles. The van der Waals surface area contributed by atoms with Crippen molar-refractivity contribution in [1.29, 1.82) is 0 Å². The van der Waals surface area contributed by atoms with Gasteiger partial charge in [0.25, 0.3) is 10.0 Å². The van der Waals surface area contributed by atoms with Crippen LogP contribution in [0.15, 0.2) is 57.8 Å². The van der Waals surface area contributed by atoms with Crippen LogP contribution in [0, 0.1) is 6.92 Å². The van der Waals surface area contributed by atoms with Crippen LogP contribution in [0.5, 0.6) is 0 Å². The average Bonchev–Trinajstić information content (AvgIpc) is 2.63. The number of carbonyl (C=O) groups excluding carboxylic acids is 1. The Morgan fingerprint density at radius 1 is 1.19 bits per heavy atom. The zero-order chi connectivity index (χ0) is 19.4. The first-order chi connectivity index (χ1) is 12.9. The number of amidine groups is 1. The lowest BCUT2D eigenvalue weighted by Crippen LogP contribution is -2.35. The van der Waals surface area contributed by atoms with E-state index >= 15 is 0 Å². The molecule has 27 heavy (non-hydrogen) atoms. The number of carbonyl (C=O) groups is 1. The molecule has 0 aromatic heterocycles. The molecular formula is C19H21N3O3S2. The highest BCUT2D eigenvalue weighted by molar-refractivity contribution is 8.15. The van der Waals surface area contributed by atoms with E-state index in [2.05, 4.69) is 9.71 Å². The van der Waals surface area contributed by atoms with E-state index in [0.717, 1.165) is 29.4 Å². The molecule has 142 valence electrons. The van der Waals surface area contributed by atoms with Gasteiger partial charge in [-0.2, -0.15) is 8.42 Å². The Hall–Kier alpha value is -2.32. The van der Waals surface area contributed by atoms with Crippen LogP contribution in [0.3, 0.4) is 0 Å². The molecule has 0 bridgehead atoms. The van der Waals surface area contributed by atoms with E-state index in [9.17, 15) is 13.2 Å². The maximum Gasteiger partial charge on any atom is 0.286 e. The van der Waals surface area contributed by atoms with Crippen LogP contribution >= 0.6 is 11.8 Å². The summed E-state index contributed by atoms with van der Waals surface area (Å²) in [4.78, 5) is 14.3. The van der Waals surface area contributed by atoms with Crippen molar-refractivity contribution >= 4 is 44.2 Å². The van der Waals surface area contributed by atoms with E-state index in [-0.39, 0.29) is 16.6 Å². The summed E-state index contributed by atoms with van der Waals surface area (Å²) in [5.74, 6) is -0.133. The van der Waals surface area contributed by atoms with Gasteiger partial charge in [0.1, 0.15) is 4.90 Å². The fourth-order valence-electron chi connectivity index (χ4n) is 2.80. The number of anilines is 2. The van der Waals surface area contributed by atoms with Gasteiger partial charge in [-0.05, 0) is 43.2 Å². The molecule has 3 rings (SSSR count). The average molecular weight is 404 g/mol. The monoisotopic (exact) mass is 403 g/mol. The molecule has 0 saturated heterocycles. The summed E-state index contributed by atoms with van der Waals surface area (Å²) >= 11 is 1.13. The molecule has 1 aliphatic rings. The predicted octanol–water partition coefficient (Wildman–Crippen LogP) is 3.64. The number of nitrogens with zero attached hydrogens (tertiary/aromatic N) is 2. The lowest BCUT2D eigenvalue weighted by molar-refractivity contribution is -0.113. The van der Waals surface area contributed by atoms with Crippen molar-refractivity contribution in [3.63, 3.8) is 0 Å². The smallest absolute Gasteiger partial charge is 0.286 e. The number of para-hydroxylation sites is 1. The van der Waals surface area contributed by atoms with Gasteiger partial charge in [-0.25, -0.2) is 0 Å². The lowest BCUT2D eigenvalue weighted by Gasteiger charge is -2.29. The molecule has 0 unspecified atom stereocenters. The number of rotatable bonds is 5. The number of thioether (sulfide) groups is 1. The minimum atomic E-state index is -3.76. The van der Waals surface area contributed by atoms with Gasteiger partial charge >= 0.3 is 0 Å². The van der Waals surface area contributed by atoms with Crippen LogP contribution in [-0.2, 0) is 14.8 Å². The van der Waals surface area contributed by atoms with Crippen LogP contribution in [0.25, 0.3) is 0 Å². The van der Waals surface area contributed by atoms with Crippen molar-refractivity contribution in [2.45, 2.75) is 25.2 Å². The van der Waals surface area contributed by atoms with Gasteiger partial charge in [0, 0.05) is 12.2 Å². The lowest BCUT2D eigenvalue weighted by atomic mass is 10.2. The van der Waals surface area contributed by atoms with Crippen LogP contribution < -0.4 is 10.2 Å². The number of fused-ring (bicyclic) bond motifs is 1. The van der Waals surface area contributed by atoms with Crippen molar-refractivity contribution in [3.8, 4) is 0 Å². The normalized spacial score (nSPS) is 15.0. The summed E-state index contributed by atoms with van der Waals surface area (Å²) in [5.41, 5.74) is 2.37. The number of hydrogen-bond donors (Lipinski definition) is 1. The minimum absolute atomic E-state index is 0.0741. The molecule has 0 radical (unpaired) electrons. The van der Waals surface area contributed by atoms with Gasteiger partial charge in [-0.1, -0.05) is 43.0 Å². The van der Waals surface area contributed by atoms with E-state index in [1.54, 1.807) is 24.3 Å². The van der Waals surface area contributed by atoms with Gasteiger partial charge in [-0.15, -0.1) is 4.40 Å². The fraction of sp³-hybridized carbons (Fsp3) is 0.263. The summed E-state index contributed by atoms with van der Waals surface area (Å²) in [6.45, 7) is 4.59. The highest BCUT2D eigenvalue weighted by Crippen LogP contribution is 2.34. The van der Waals surface area contributed by atoms with E-state index in [0.29, 0.717) is 17.4 Å². The molecule has 1 amide bonds. The van der Waals surface area contributed by atoms with Gasteiger partial charge in [0.2, 0.25) is 5.91 Å². The number of benzene rings is 2. The fourth-order valence-corrected chi connectivity index (χ4v) is 5.08. The molecular weight excluding hydrogens is 382 g/mol. The highest BCUT2D eigenvalue weighted by Gasteiger charge is 2.30. The molecule has 2 aromatic carbocycles. The SMILES string of the molecule is CCCN1C(SCC(=O)Nc2cccc(C)c2)=NS(=O)(=O)c2ccccc21. The summed E-state index contributed by atoms with van der Waals surface area (Å²) in [6.07, 6.45) is 0.823. The second-order valence-electron chi connectivity index (χ2n) is 6.17. The molecule has 0 aliphatic carbocycles. The van der Waals surface area contributed by atoms with Crippen molar-refractivity contribution in [1.82, 2.24) is 0 Å². The van der Waals surface area contributed by atoms with Crippen molar-refractivity contribution in [2.75, 3.05) is 22.5 Å². The Morgan fingerprint density at radius 2 is 1.96 bits per heavy atom. The zero-order valence-corrected chi connectivity index (χ0v) is 16.8. The van der Waals surface area contributed by atoms with Gasteiger partial charge in [0.05, 0.1) is 11.4 Å². The highest BCUT2D eigenvalue weighted by atomic mass is 32.2. The Balaban J connectivity index is 1.77. The molecule has 6 nitrogen and oxygen atoms in total. The minimum Gasteiger partial charge on any atom is -0.325 e. The number of nitrogens with one attached hydrogen (secondary N) is 1. The Morgan fingerprint density at radius 3 is 2.70 bits per heavy atom. The number of amides is 1. The van der Waals surface area contributed by atoms with Crippen LogP contribution in [0.1, 0.15) is 18.9 Å². The first-order valence-corrected chi connectivity index (χ1v) is 11.0. The quantitative estimate of drug-likeness (QED) is 0.825. The van der Waals surface area contributed by atoms with Crippen LogP contribution in [0.2, 0.25) is 0 Å². The number of aryl methyl sites for hydroxylation is 1. The van der Waals surface area contributed by atoms with E-state index in [4.69, 9.17) is 0 Å². The van der Waals surface area contributed by atoms with E-state index in [1.165, 1.54) is 0 Å². The van der Waals surface area contributed by atoms with Crippen molar-refractivity contribution < 1.29 is 13.2 Å².